The normalized spacial score (nSPS) is 11.2. The van der Waals surface area contributed by atoms with Gasteiger partial charge in [0.2, 0.25) is 5.88 Å². The van der Waals surface area contributed by atoms with Gasteiger partial charge >= 0.3 is 5.69 Å². The molecule has 0 aliphatic rings. The molecule has 0 fully saturated rings. The van der Waals surface area contributed by atoms with Crippen molar-refractivity contribution in [2.45, 2.75) is 116 Å². The fourth-order valence-corrected chi connectivity index (χ4v) is 3.42. The summed E-state index contributed by atoms with van der Waals surface area (Å²) in [4.78, 5) is 13.8. The first kappa shape index (κ1) is 21.9. The molecule has 4 heteroatoms. The van der Waals surface area contributed by atoms with Gasteiger partial charge in [-0.05, 0) is 6.42 Å². The minimum atomic E-state index is -0.210. The smallest absolute Gasteiger partial charge is 0.328 e. The molecule has 1 aromatic heterocycles. The summed E-state index contributed by atoms with van der Waals surface area (Å²) in [7, 11) is 0. The molecular weight excluding hydrogens is 312 g/mol. The van der Waals surface area contributed by atoms with E-state index in [1.807, 2.05) is 0 Å². The van der Waals surface area contributed by atoms with E-state index in [1.54, 1.807) is 4.57 Å². The minimum Gasteiger partial charge on any atom is -0.493 e. The Morgan fingerprint density at radius 1 is 0.760 bits per heavy atom. The average Bonchev–Trinajstić information content (AvgIpc) is 2.92. The number of hydrogen-bond donors (Lipinski definition) is 2. The molecule has 0 unspecified atom stereocenters. The van der Waals surface area contributed by atoms with Crippen molar-refractivity contribution >= 4 is 0 Å². The third kappa shape index (κ3) is 11.9. The molecule has 0 bridgehead atoms. The number of unbranched alkanes of at least 4 members (excludes halogenated alkanes) is 15. The zero-order valence-electron chi connectivity index (χ0n) is 16.4. The molecule has 0 amide bonds. The third-order valence-electron chi connectivity index (χ3n) is 5.03. The molecule has 1 rings (SSSR count). The van der Waals surface area contributed by atoms with Gasteiger partial charge in [0.15, 0.2) is 0 Å². The monoisotopic (exact) mass is 352 g/mol. The van der Waals surface area contributed by atoms with Gasteiger partial charge in [-0.15, -0.1) is 0 Å². The van der Waals surface area contributed by atoms with Crippen molar-refractivity contribution in [1.82, 2.24) is 9.55 Å². The lowest BCUT2D eigenvalue weighted by molar-refractivity contribution is 0.454. The molecule has 0 aromatic carbocycles. The first-order valence-electron chi connectivity index (χ1n) is 10.7. The SMILES string of the molecule is CCCCCCCCCCCCCCCCCCn1cc(O)[nH]c1=O. The Hall–Kier alpha value is -1.19. The van der Waals surface area contributed by atoms with Gasteiger partial charge in [0.25, 0.3) is 0 Å². The van der Waals surface area contributed by atoms with Crippen LogP contribution in [0.2, 0.25) is 0 Å². The summed E-state index contributed by atoms with van der Waals surface area (Å²) in [5.41, 5.74) is -0.210. The van der Waals surface area contributed by atoms with Crippen molar-refractivity contribution in [3.63, 3.8) is 0 Å². The summed E-state index contributed by atoms with van der Waals surface area (Å²) in [5.74, 6) is -0.0403. The van der Waals surface area contributed by atoms with Crippen LogP contribution in [0, 0.1) is 0 Å². The van der Waals surface area contributed by atoms with Crippen LogP contribution >= 0.6 is 0 Å². The fourth-order valence-electron chi connectivity index (χ4n) is 3.42. The molecule has 0 aliphatic heterocycles. The number of H-pyrrole nitrogens is 1. The van der Waals surface area contributed by atoms with E-state index in [4.69, 9.17) is 0 Å². The summed E-state index contributed by atoms with van der Waals surface area (Å²) in [5, 5.41) is 9.19. The third-order valence-corrected chi connectivity index (χ3v) is 5.03. The summed E-state index contributed by atoms with van der Waals surface area (Å²) in [6.07, 6.45) is 23.1. The molecule has 0 spiro atoms. The summed E-state index contributed by atoms with van der Waals surface area (Å²) in [6, 6.07) is 0. The van der Waals surface area contributed by atoms with E-state index < -0.39 is 0 Å². The predicted molar refractivity (Wildman–Crippen MR) is 106 cm³/mol. The number of aryl methyl sites for hydroxylation is 1. The summed E-state index contributed by atoms with van der Waals surface area (Å²) >= 11 is 0. The van der Waals surface area contributed by atoms with E-state index in [-0.39, 0.29) is 11.6 Å². The maximum absolute atomic E-state index is 11.4. The van der Waals surface area contributed by atoms with Crippen LogP contribution in [0.25, 0.3) is 0 Å². The van der Waals surface area contributed by atoms with Crippen LogP contribution in [-0.2, 0) is 6.54 Å². The van der Waals surface area contributed by atoms with Gasteiger partial charge in [-0.3, -0.25) is 9.55 Å². The maximum atomic E-state index is 11.4. The summed E-state index contributed by atoms with van der Waals surface area (Å²) in [6.45, 7) is 2.98. The molecule has 1 aromatic rings. The van der Waals surface area contributed by atoms with Crippen molar-refractivity contribution < 1.29 is 5.11 Å². The zero-order valence-corrected chi connectivity index (χ0v) is 16.4. The largest absolute Gasteiger partial charge is 0.493 e. The minimum absolute atomic E-state index is 0.0403. The number of imidazole rings is 1. The van der Waals surface area contributed by atoms with Gasteiger partial charge in [0.05, 0.1) is 6.20 Å². The van der Waals surface area contributed by atoms with Crippen molar-refractivity contribution in [2.75, 3.05) is 0 Å². The topological polar surface area (TPSA) is 58.0 Å². The van der Waals surface area contributed by atoms with Crippen LogP contribution in [0.5, 0.6) is 5.88 Å². The number of aromatic hydroxyl groups is 1. The van der Waals surface area contributed by atoms with Gasteiger partial charge in [-0.25, -0.2) is 4.79 Å². The van der Waals surface area contributed by atoms with Gasteiger partial charge in [-0.1, -0.05) is 103 Å². The number of nitrogens with zero attached hydrogens (tertiary/aromatic N) is 1. The fraction of sp³-hybridized carbons (Fsp3) is 0.857. The summed E-state index contributed by atoms with van der Waals surface area (Å²) < 4.78 is 1.55. The van der Waals surface area contributed by atoms with E-state index >= 15 is 0 Å². The highest BCUT2D eigenvalue weighted by Gasteiger charge is 2.00. The van der Waals surface area contributed by atoms with Crippen LogP contribution in [0.3, 0.4) is 0 Å². The number of aromatic amines is 1. The molecule has 0 saturated heterocycles. The van der Waals surface area contributed by atoms with E-state index in [9.17, 15) is 9.90 Å². The maximum Gasteiger partial charge on any atom is 0.328 e. The zero-order chi connectivity index (χ0) is 18.2. The molecule has 0 saturated carbocycles. The molecule has 0 radical (unpaired) electrons. The van der Waals surface area contributed by atoms with E-state index in [1.165, 1.54) is 96.1 Å². The van der Waals surface area contributed by atoms with Gasteiger partial charge < -0.3 is 5.11 Å². The van der Waals surface area contributed by atoms with Crippen LogP contribution < -0.4 is 5.69 Å². The highest BCUT2D eigenvalue weighted by molar-refractivity contribution is 5.00. The van der Waals surface area contributed by atoms with Crippen LogP contribution in [0.15, 0.2) is 11.0 Å². The second-order valence-corrected chi connectivity index (χ2v) is 7.44. The number of nitrogens with one attached hydrogen (secondary N) is 1. The van der Waals surface area contributed by atoms with E-state index in [0.717, 1.165) is 12.8 Å². The van der Waals surface area contributed by atoms with Gasteiger partial charge in [0.1, 0.15) is 0 Å². The number of aromatic nitrogens is 2. The Bertz CT molecular complexity index is 465. The lowest BCUT2D eigenvalue weighted by atomic mass is 10.0. The Labute approximate surface area is 154 Å². The second-order valence-electron chi connectivity index (χ2n) is 7.44. The Morgan fingerprint density at radius 3 is 1.52 bits per heavy atom. The van der Waals surface area contributed by atoms with Crippen molar-refractivity contribution in [2.24, 2.45) is 0 Å². The number of hydrogen-bond acceptors (Lipinski definition) is 2. The molecule has 2 N–H and O–H groups in total. The first-order valence-corrected chi connectivity index (χ1v) is 10.7. The van der Waals surface area contributed by atoms with Crippen LogP contribution in [0.1, 0.15) is 110 Å². The van der Waals surface area contributed by atoms with Crippen molar-refractivity contribution in [1.29, 1.82) is 0 Å². The second kappa shape index (κ2) is 15.1. The first-order chi connectivity index (χ1) is 12.2. The quantitative estimate of drug-likeness (QED) is 0.331. The van der Waals surface area contributed by atoms with E-state index in [2.05, 4.69) is 11.9 Å². The van der Waals surface area contributed by atoms with Crippen molar-refractivity contribution in [3.05, 3.63) is 16.7 Å². The lowest BCUT2D eigenvalue weighted by Crippen LogP contribution is -2.15. The molecule has 1 heterocycles. The Kier molecular flexibility index (Phi) is 13.2. The van der Waals surface area contributed by atoms with Crippen molar-refractivity contribution in [3.8, 4) is 5.88 Å². The van der Waals surface area contributed by atoms with Gasteiger partial charge in [0, 0.05) is 6.54 Å². The molecule has 25 heavy (non-hydrogen) atoms. The predicted octanol–water partition coefficient (Wildman–Crippen LogP) is 6.14. The Morgan fingerprint density at radius 2 is 1.16 bits per heavy atom. The van der Waals surface area contributed by atoms with Gasteiger partial charge in [-0.2, -0.15) is 0 Å². The average molecular weight is 353 g/mol. The molecule has 146 valence electrons. The molecule has 4 nitrogen and oxygen atoms in total. The molecular formula is C21H40N2O2. The highest BCUT2D eigenvalue weighted by atomic mass is 16.3. The van der Waals surface area contributed by atoms with Crippen LogP contribution in [0.4, 0.5) is 0 Å². The van der Waals surface area contributed by atoms with E-state index in [0.29, 0.717) is 6.54 Å². The molecule has 0 atom stereocenters. The number of rotatable bonds is 17. The lowest BCUT2D eigenvalue weighted by Gasteiger charge is -2.04. The standard InChI is InChI=1S/C21H40N2O2/c1-2-3-4-5-6-7-8-9-10-11-12-13-14-15-16-17-18-23-19-20(24)22-21(23)25/h19,24H,2-18H2,1H3,(H,22,25). The van der Waals surface area contributed by atoms with Crippen LogP contribution in [-0.4, -0.2) is 14.7 Å². The Balaban J connectivity index is 1.76. The molecule has 0 aliphatic carbocycles. The highest BCUT2D eigenvalue weighted by Crippen LogP contribution is 2.13.